The third-order valence-corrected chi connectivity index (χ3v) is 3.87. The van der Waals surface area contributed by atoms with Crippen molar-refractivity contribution in [3.63, 3.8) is 0 Å². The molecule has 1 aromatic carbocycles. The van der Waals surface area contributed by atoms with E-state index >= 15 is 0 Å². The number of halogens is 3. The van der Waals surface area contributed by atoms with Crippen LogP contribution < -0.4 is 5.32 Å². The van der Waals surface area contributed by atoms with Crippen LogP contribution in [0.15, 0.2) is 17.0 Å². The lowest BCUT2D eigenvalue weighted by molar-refractivity contribution is 0.0946. The van der Waals surface area contributed by atoms with Crippen LogP contribution in [-0.2, 0) is 9.05 Å². The molecule has 0 fully saturated rings. The van der Waals surface area contributed by atoms with Crippen LogP contribution in [0.5, 0.6) is 0 Å². The van der Waals surface area contributed by atoms with Crippen molar-refractivity contribution in [1.29, 1.82) is 0 Å². The molecule has 0 heterocycles. The van der Waals surface area contributed by atoms with Crippen LogP contribution in [0.1, 0.15) is 30.6 Å². The standard InChI is InChI=1S/C12H14ClF2NO3S/c1-7(2)3-4-16-12(17)9-5-8(20(13,18)19)6-10(14)11(9)15/h5-7H,3-4H2,1-2H3,(H,16,17). The first-order chi connectivity index (χ1) is 9.12. The SMILES string of the molecule is CC(C)CCNC(=O)c1cc(S(=O)(=O)Cl)cc(F)c1F. The molecule has 1 rings (SSSR count). The molecule has 0 aliphatic rings. The van der Waals surface area contributed by atoms with Gasteiger partial charge in [0.15, 0.2) is 11.6 Å². The molecule has 0 saturated heterocycles. The maximum Gasteiger partial charge on any atom is 0.261 e. The Morgan fingerprint density at radius 2 is 1.95 bits per heavy atom. The third-order valence-electron chi connectivity index (χ3n) is 2.54. The number of nitrogens with one attached hydrogen (secondary N) is 1. The van der Waals surface area contributed by atoms with E-state index in [0.29, 0.717) is 24.5 Å². The Kier molecular flexibility index (Phi) is 5.47. The van der Waals surface area contributed by atoms with Gasteiger partial charge in [-0.3, -0.25) is 4.79 Å². The van der Waals surface area contributed by atoms with E-state index in [1.165, 1.54) is 0 Å². The number of benzene rings is 1. The van der Waals surface area contributed by atoms with E-state index in [4.69, 9.17) is 10.7 Å². The van der Waals surface area contributed by atoms with Crippen molar-refractivity contribution >= 4 is 25.6 Å². The summed E-state index contributed by atoms with van der Waals surface area (Å²) in [7, 11) is 0.810. The maximum atomic E-state index is 13.5. The number of carbonyl (C=O) groups excluding carboxylic acids is 1. The normalized spacial score (nSPS) is 11.7. The van der Waals surface area contributed by atoms with E-state index in [2.05, 4.69) is 5.32 Å². The highest BCUT2D eigenvalue weighted by molar-refractivity contribution is 8.13. The van der Waals surface area contributed by atoms with Crippen LogP contribution in [0.4, 0.5) is 8.78 Å². The van der Waals surface area contributed by atoms with Crippen molar-refractivity contribution in [3.05, 3.63) is 29.3 Å². The van der Waals surface area contributed by atoms with E-state index in [-0.39, 0.29) is 6.54 Å². The lowest BCUT2D eigenvalue weighted by Crippen LogP contribution is -2.26. The van der Waals surface area contributed by atoms with E-state index in [1.54, 1.807) is 0 Å². The van der Waals surface area contributed by atoms with Crippen LogP contribution in [0.25, 0.3) is 0 Å². The summed E-state index contributed by atoms with van der Waals surface area (Å²) < 4.78 is 49.1. The second-order valence-corrected chi connectivity index (χ2v) is 7.21. The summed E-state index contributed by atoms with van der Waals surface area (Å²) in [5.74, 6) is -3.41. The van der Waals surface area contributed by atoms with Crippen molar-refractivity contribution in [3.8, 4) is 0 Å². The number of hydrogen-bond acceptors (Lipinski definition) is 3. The average Bonchev–Trinajstić information content (AvgIpc) is 2.30. The Morgan fingerprint density at radius 3 is 2.45 bits per heavy atom. The molecule has 8 heteroatoms. The van der Waals surface area contributed by atoms with Crippen LogP contribution in [0.2, 0.25) is 0 Å². The summed E-state index contributed by atoms with van der Waals surface area (Å²) >= 11 is 0. The van der Waals surface area contributed by atoms with Crippen LogP contribution in [0, 0.1) is 17.6 Å². The molecule has 0 spiro atoms. The zero-order valence-corrected chi connectivity index (χ0v) is 12.5. The highest BCUT2D eigenvalue weighted by atomic mass is 35.7. The van der Waals surface area contributed by atoms with Gasteiger partial charge in [-0.15, -0.1) is 0 Å². The van der Waals surface area contributed by atoms with Crippen LogP contribution >= 0.6 is 10.7 Å². The molecule has 1 aromatic rings. The number of amides is 1. The smallest absolute Gasteiger partial charge is 0.261 e. The van der Waals surface area contributed by atoms with Gasteiger partial charge < -0.3 is 5.32 Å². The molecular formula is C12H14ClF2NO3S. The summed E-state index contributed by atoms with van der Waals surface area (Å²) in [6, 6.07) is 1.15. The van der Waals surface area contributed by atoms with Crippen LogP contribution in [-0.4, -0.2) is 20.9 Å². The van der Waals surface area contributed by atoms with Crippen LogP contribution in [0.3, 0.4) is 0 Å². The molecule has 0 aliphatic carbocycles. The molecule has 4 nitrogen and oxygen atoms in total. The van der Waals surface area contributed by atoms with Crippen molar-refractivity contribution in [1.82, 2.24) is 5.32 Å². The fourth-order valence-corrected chi connectivity index (χ4v) is 2.21. The fraction of sp³-hybridized carbons (Fsp3) is 0.417. The highest BCUT2D eigenvalue weighted by Gasteiger charge is 2.21. The molecule has 1 amide bonds. The second kappa shape index (κ2) is 6.49. The Hall–Kier alpha value is -1.21. The minimum absolute atomic E-state index is 0.273. The zero-order valence-electron chi connectivity index (χ0n) is 10.9. The van der Waals surface area contributed by atoms with Gasteiger partial charge in [-0.1, -0.05) is 13.8 Å². The van der Waals surface area contributed by atoms with Gasteiger partial charge in [-0.05, 0) is 24.5 Å². The Labute approximate surface area is 120 Å². The summed E-state index contributed by atoms with van der Waals surface area (Å²) in [6.45, 7) is 4.15. The monoisotopic (exact) mass is 325 g/mol. The maximum absolute atomic E-state index is 13.5. The molecular weight excluding hydrogens is 312 g/mol. The van der Waals surface area contributed by atoms with Crippen molar-refractivity contribution in [2.45, 2.75) is 25.2 Å². The quantitative estimate of drug-likeness (QED) is 0.847. The van der Waals surface area contributed by atoms with E-state index < -0.39 is 37.1 Å². The van der Waals surface area contributed by atoms with Gasteiger partial charge in [0.05, 0.1) is 10.5 Å². The first-order valence-electron chi connectivity index (χ1n) is 5.85. The van der Waals surface area contributed by atoms with Gasteiger partial charge in [0, 0.05) is 17.2 Å². The molecule has 20 heavy (non-hydrogen) atoms. The lowest BCUT2D eigenvalue weighted by Gasteiger charge is -2.09. The van der Waals surface area contributed by atoms with Gasteiger partial charge in [-0.2, -0.15) is 0 Å². The molecule has 1 N–H and O–H groups in total. The van der Waals surface area contributed by atoms with Gasteiger partial charge in [0.2, 0.25) is 0 Å². The Balaban J connectivity index is 3.05. The summed E-state index contributed by atoms with van der Waals surface area (Å²) in [4.78, 5) is 11.1. The minimum atomic E-state index is -4.25. The average molecular weight is 326 g/mol. The zero-order chi connectivity index (χ0) is 15.5. The van der Waals surface area contributed by atoms with Crippen molar-refractivity contribution in [2.24, 2.45) is 5.92 Å². The van der Waals surface area contributed by atoms with E-state index in [0.717, 1.165) is 0 Å². The summed E-state index contributed by atoms with van der Waals surface area (Å²) in [6.07, 6.45) is 0.656. The second-order valence-electron chi connectivity index (χ2n) is 4.64. The number of rotatable bonds is 5. The fourth-order valence-electron chi connectivity index (χ4n) is 1.44. The molecule has 112 valence electrons. The van der Waals surface area contributed by atoms with Gasteiger partial charge in [-0.25, -0.2) is 17.2 Å². The lowest BCUT2D eigenvalue weighted by atomic mass is 10.1. The molecule has 0 bridgehead atoms. The molecule has 0 aromatic heterocycles. The third kappa shape index (κ3) is 4.42. The molecule has 0 unspecified atom stereocenters. The minimum Gasteiger partial charge on any atom is -0.352 e. The van der Waals surface area contributed by atoms with E-state index in [1.807, 2.05) is 13.8 Å². The molecule has 0 aliphatic heterocycles. The molecule has 0 atom stereocenters. The first-order valence-corrected chi connectivity index (χ1v) is 8.15. The topological polar surface area (TPSA) is 63.2 Å². The highest BCUT2D eigenvalue weighted by Crippen LogP contribution is 2.21. The van der Waals surface area contributed by atoms with Gasteiger partial charge in [0.1, 0.15) is 0 Å². The Bertz CT molecular complexity index is 617. The van der Waals surface area contributed by atoms with E-state index in [9.17, 15) is 22.0 Å². The predicted octanol–water partition coefficient (Wildman–Crippen LogP) is 2.67. The van der Waals surface area contributed by atoms with Gasteiger partial charge in [0.25, 0.3) is 15.0 Å². The summed E-state index contributed by atoms with van der Waals surface area (Å²) in [5, 5.41) is 2.39. The molecule has 0 radical (unpaired) electrons. The predicted molar refractivity (Wildman–Crippen MR) is 71.2 cm³/mol. The Morgan fingerprint density at radius 1 is 1.35 bits per heavy atom. The first kappa shape index (κ1) is 16.8. The van der Waals surface area contributed by atoms with Crippen molar-refractivity contribution in [2.75, 3.05) is 6.54 Å². The van der Waals surface area contributed by atoms with Gasteiger partial charge >= 0.3 is 0 Å². The summed E-state index contributed by atoms with van der Waals surface area (Å²) in [5.41, 5.74) is -0.687. The molecule has 0 saturated carbocycles. The number of hydrogen-bond donors (Lipinski definition) is 1. The van der Waals surface area contributed by atoms with Crippen molar-refractivity contribution < 1.29 is 22.0 Å². The number of carbonyl (C=O) groups is 1. The largest absolute Gasteiger partial charge is 0.352 e.